The zero-order valence-corrected chi connectivity index (χ0v) is 19.8. The van der Waals surface area contributed by atoms with E-state index in [-0.39, 0.29) is 37.3 Å². The molecule has 2 unspecified atom stereocenters. The highest BCUT2D eigenvalue weighted by atomic mass is 19.1. The van der Waals surface area contributed by atoms with Crippen molar-refractivity contribution < 1.29 is 43.4 Å². The largest absolute Gasteiger partial charge is 0.507 e. The first-order valence-electron chi connectivity index (χ1n) is 11.6. The molecule has 6 atom stereocenters. The lowest BCUT2D eigenvalue weighted by Gasteiger charge is -2.52. The minimum atomic E-state index is -2.76. The molecule has 0 radical (unpaired) electrons. The lowest BCUT2D eigenvalue weighted by molar-refractivity contribution is -0.181. The number of likely N-dealkylation sites (N-methyl/N-ethyl adjacent to an activating group) is 1. The number of hydrogen-bond donors (Lipinski definition) is 4. The van der Waals surface area contributed by atoms with Crippen LogP contribution in [0.15, 0.2) is 12.1 Å². The number of primary amides is 1. The molecule has 0 bridgehead atoms. The number of aromatic hydroxyl groups is 1. The summed E-state index contributed by atoms with van der Waals surface area (Å²) in [6.45, 7) is -0.790. The Balaban J connectivity index is 1.78. The maximum Gasteiger partial charge on any atom is 0.235 e. The third-order valence-electron chi connectivity index (χ3n) is 7.59. The second-order valence-corrected chi connectivity index (χ2v) is 9.75. The molecule has 36 heavy (non-hydrogen) atoms. The molecule has 11 nitrogen and oxygen atoms in total. The van der Waals surface area contributed by atoms with Gasteiger partial charge < -0.3 is 15.9 Å². The maximum atomic E-state index is 13.7. The normalized spacial score (nSPS) is 31.8. The van der Waals surface area contributed by atoms with E-state index in [1.165, 1.54) is 25.1 Å². The monoisotopic (exact) mass is 505 g/mol. The van der Waals surface area contributed by atoms with E-state index in [2.05, 4.69) is 5.48 Å². The number of fused-ring (bicyclic) bond motifs is 3. The molecule has 2 fully saturated rings. The molecule has 12 heteroatoms. The van der Waals surface area contributed by atoms with Gasteiger partial charge in [-0.3, -0.25) is 33.7 Å². The number of halogens is 1. The highest BCUT2D eigenvalue weighted by Gasteiger charge is 2.69. The van der Waals surface area contributed by atoms with Crippen molar-refractivity contribution in [1.82, 2.24) is 10.4 Å². The van der Waals surface area contributed by atoms with Gasteiger partial charge in [-0.05, 0) is 50.0 Å². The summed E-state index contributed by atoms with van der Waals surface area (Å²) in [6, 6.07) is 1.69. The van der Waals surface area contributed by atoms with Crippen LogP contribution in [-0.2, 0) is 37.0 Å². The number of phenols is 1. The molecule has 1 aromatic carbocycles. The van der Waals surface area contributed by atoms with E-state index in [9.17, 15) is 38.6 Å². The molecule has 0 aromatic heterocycles. The first-order valence-corrected chi connectivity index (χ1v) is 11.6. The van der Waals surface area contributed by atoms with Gasteiger partial charge in [-0.2, -0.15) is 5.48 Å². The molecule has 194 valence electrons. The van der Waals surface area contributed by atoms with E-state index < -0.39 is 71.0 Å². The molecule has 0 saturated heterocycles. The van der Waals surface area contributed by atoms with Crippen molar-refractivity contribution in [1.29, 1.82) is 0 Å². The van der Waals surface area contributed by atoms with Crippen LogP contribution in [0.5, 0.6) is 5.75 Å². The number of ketones is 4. The number of hydrogen-bond acceptors (Lipinski definition) is 10. The van der Waals surface area contributed by atoms with Gasteiger partial charge in [0.15, 0.2) is 34.7 Å². The second-order valence-electron chi connectivity index (χ2n) is 9.75. The lowest BCUT2D eigenvalue weighted by atomic mass is 9.52. The van der Waals surface area contributed by atoms with Crippen molar-refractivity contribution >= 4 is 29.0 Å². The van der Waals surface area contributed by atoms with E-state index >= 15 is 0 Å². The SMILES string of the molecule is CN(C)[C@@H]1C(=O)C(C(N)=O)C(=O)[C@@]2(O)C(=O)C3C(=O)c4c(O)ccc(CNOCCF)c4C[C@H]3C[C@@H]12. The van der Waals surface area contributed by atoms with Gasteiger partial charge in [0.2, 0.25) is 5.91 Å². The Morgan fingerprint density at radius 1 is 1.25 bits per heavy atom. The number of rotatable bonds is 7. The van der Waals surface area contributed by atoms with Gasteiger partial charge in [0.1, 0.15) is 12.4 Å². The van der Waals surface area contributed by atoms with Crippen LogP contribution in [0, 0.1) is 23.7 Å². The minimum absolute atomic E-state index is 0.0369. The van der Waals surface area contributed by atoms with Crippen molar-refractivity contribution in [3.63, 3.8) is 0 Å². The summed E-state index contributed by atoms with van der Waals surface area (Å²) in [5.74, 6) is -10.9. The Kier molecular flexibility index (Phi) is 6.82. The van der Waals surface area contributed by atoms with E-state index in [1.807, 2.05) is 0 Å². The smallest absolute Gasteiger partial charge is 0.235 e. The summed E-state index contributed by atoms with van der Waals surface area (Å²) in [4.78, 5) is 71.9. The van der Waals surface area contributed by atoms with Gasteiger partial charge in [0.25, 0.3) is 0 Å². The first-order chi connectivity index (χ1) is 17.0. The number of Topliss-reactive ketones (excluding diaryl/α,β-unsaturated/α-hetero) is 4. The summed E-state index contributed by atoms with van der Waals surface area (Å²) < 4.78 is 12.3. The first kappa shape index (κ1) is 26.0. The van der Waals surface area contributed by atoms with Gasteiger partial charge in [-0.1, -0.05) is 6.07 Å². The number of alkyl halides is 1. The highest BCUT2D eigenvalue weighted by molar-refractivity contribution is 6.32. The third kappa shape index (κ3) is 3.76. The fourth-order valence-electron chi connectivity index (χ4n) is 6.07. The van der Waals surface area contributed by atoms with Crippen LogP contribution in [0.2, 0.25) is 0 Å². The minimum Gasteiger partial charge on any atom is -0.507 e. The summed E-state index contributed by atoms with van der Waals surface area (Å²) in [6.07, 6.45) is 0.102. The van der Waals surface area contributed by atoms with Crippen LogP contribution in [0.25, 0.3) is 0 Å². The fraction of sp³-hybridized carbons (Fsp3) is 0.542. The molecular formula is C24H28FN3O8. The number of carbonyl (C=O) groups is 5. The van der Waals surface area contributed by atoms with Crippen molar-refractivity contribution in [2.45, 2.75) is 31.0 Å². The topological polar surface area (TPSA) is 176 Å². The molecule has 0 heterocycles. The van der Waals surface area contributed by atoms with Crippen LogP contribution in [0.1, 0.15) is 27.9 Å². The van der Waals surface area contributed by atoms with Crippen LogP contribution in [0.4, 0.5) is 4.39 Å². The molecular weight excluding hydrogens is 477 g/mol. The number of carbonyl (C=O) groups excluding carboxylic acids is 5. The predicted molar refractivity (Wildman–Crippen MR) is 120 cm³/mol. The Hall–Kier alpha value is -3.06. The van der Waals surface area contributed by atoms with Gasteiger partial charge in [0, 0.05) is 12.5 Å². The van der Waals surface area contributed by atoms with Crippen molar-refractivity contribution in [2.75, 3.05) is 27.4 Å². The number of nitrogens with zero attached hydrogens (tertiary/aromatic N) is 1. The number of nitrogens with two attached hydrogens (primary N) is 1. The fourth-order valence-corrected chi connectivity index (χ4v) is 6.07. The number of nitrogens with one attached hydrogen (secondary N) is 1. The molecule has 2 saturated carbocycles. The highest BCUT2D eigenvalue weighted by Crippen LogP contribution is 2.50. The average Bonchev–Trinajstić information content (AvgIpc) is 2.80. The molecule has 5 N–H and O–H groups in total. The maximum absolute atomic E-state index is 13.7. The van der Waals surface area contributed by atoms with Crippen LogP contribution < -0.4 is 11.2 Å². The molecule has 1 aromatic rings. The summed E-state index contributed by atoms with van der Waals surface area (Å²) in [7, 11) is 3.04. The van der Waals surface area contributed by atoms with E-state index in [0.29, 0.717) is 11.1 Å². The number of aliphatic hydroxyl groups is 1. The van der Waals surface area contributed by atoms with Gasteiger partial charge in [0.05, 0.1) is 24.1 Å². The van der Waals surface area contributed by atoms with Crippen LogP contribution in [0.3, 0.4) is 0 Å². The standard InChI is InChI=1S/C24H28FN3O8/c1-28(2)18-13-8-11-7-12-10(9-27-36-6-5-25)3-4-14(29)16(12)19(30)15(11)21(32)24(13,35)22(33)17(20(18)31)23(26)34/h3-4,11,13,15,17-18,27,29,35H,5-9H2,1-2H3,(H2,26,34)/t11-,13-,15?,17?,18-,24-/m0/s1. The van der Waals surface area contributed by atoms with Crippen LogP contribution >= 0.6 is 0 Å². The molecule has 3 aliphatic rings. The zero-order valence-electron chi connectivity index (χ0n) is 19.8. The Labute approximate surface area is 205 Å². The molecule has 0 spiro atoms. The summed E-state index contributed by atoms with van der Waals surface area (Å²) >= 11 is 0. The second kappa shape index (κ2) is 9.43. The van der Waals surface area contributed by atoms with Crippen molar-refractivity contribution in [2.24, 2.45) is 29.4 Å². The number of benzene rings is 1. The van der Waals surface area contributed by atoms with E-state index in [1.54, 1.807) is 6.07 Å². The van der Waals surface area contributed by atoms with Gasteiger partial charge >= 0.3 is 0 Å². The van der Waals surface area contributed by atoms with Crippen LogP contribution in [-0.4, -0.2) is 83.2 Å². The predicted octanol–water partition coefficient (Wildman–Crippen LogP) is -1.14. The Morgan fingerprint density at radius 3 is 2.56 bits per heavy atom. The number of hydroxylamine groups is 1. The molecule has 3 aliphatic carbocycles. The molecule has 1 amide bonds. The van der Waals surface area contributed by atoms with E-state index in [0.717, 1.165) is 0 Å². The number of amides is 1. The molecule has 0 aliphatic heterocycles. The quantitative estimate of drug-likeness (QED) is 0.201. The van der Waals surface area contributed by atoms with Crippen molar-refractivity contribution in [3.05, 3.63) is 28.8 Å². The molecule has 4 rings (SSSR count). The van der Waals surface area contributed by atoms with Gasteiger partial charge in [-0.25, -0.2) is 4.39 Å². The summed E-state index contributed by atoms with van der Waals surface area (Å²) in [5, 5.41) is 22.0. The van der Waals surface area contributed by atoms with Gasteiger partial charge in [-0.15, -0.1) is 0 Å². The van der Waals surface area contributed by atoms with E-state index in [4.69, 9.17) is 10.6 Å². The lowest BCUT2D eigenvalue weighted by Crippen LogP contribution is -2.74. The Bertz CT molecular complexity index is 1150. The Morgan fingerprint density at radius 2 is 1.94 bits per heavy atom. The van der Waals surface area contributed by atoms with Crippen molar-refractivity contribution in [3.8, 4) is 5.75 Å². The average molecular weight is 505 g/mol. The zero-order chi connectivity index (χ0) is 26.5. The summed E-state index contributed by atoms with van der Waals surface area (Å²) in [5.41, 5.74) is 6.06. The number of phenolic OH excluding ortho intramolecular Hbond substituents is 1. The third-order valence-corrected chi connectivity index (χ3v) is 7.59.